The summed E-state index contributed by atoms with van der Waals surface area (Å²) >= 11 is 7.46. The summed E-state index contributed by atoms with van der Waals surface area (Å²) in [6, 6.07) is 7.46. The number of rotatable bonds is 7. The van der Waals surface area contributed by atoms with Gasteiger partial charge in [-0.25, -0.2) is 4.98 Å². The molecular weight excluding hydrogens is 400 g/mol. The van der Waals surface area contributed by atoms with Gasteiger partial charge in [0.1, 0.15) is 5.82 Å². The molecule has 2 rings (SSSR count). The number of ether oxygens (including phenoxy) is 1. The van der Waals surface area contributed by atoms with Crippen molar-refractivity contribution in [3.63, 3.8) is 0 Å². The van der Waals surface area contributed by atoms with Gasteiger partial charge >= 0.3 is 5.97 Å². The lowest BCUT2D eigenvalue weighted by molar-refractivity contribution is -0.134. The number of esters is 1. The van der Waals surface area contributed by atoms with E-state index in [1.807, 2.05) is 24.3 Å². The molecule has 0 saturated heterocycles. The minimum atomic E-state index is -1.91. The van der Waals surface area contributed by atoms with E-state index in [0.29, 0.717) is 28.4 Å². The first-order chi connectivity index (χ1) is 12.5. The van der Waals surface area contributed by atoms with E-state index in [-0.39, 0.29) is 17.4 Å². The summed E-state index contributed by atoms with van der Waals surface area (Å²) in [6.45, 7) is 13.1. The molecule has 148 valence electrons. The van der Waals surface area contributed by atoms with E-state index in [0.717, 1.165) is 4.90 Å². The number of H-pyrrole nitrogens is 1. The molecule has 1 heterocycles. The van der Waals surface area contributed by atoms with Gasteiger partial charge in [0.2, 0.25) is 5.88 Å². The van der Waals surface area contributed by atoms with Gasteiger partial charge in [0, 0.05) is 16.3 Å². The Labute approximate surface area is 171 Å². The lowest BCUT2D eigenvalue weighted by Gasteiger charge is -2.35. The van der Waals surface area contributed by atoms with Crippen LogP contribution < -0.4 is 4.74 Å². The third-order valence-corrected chi connectivity index (χ3v) is 10.3. The highest BCUT2D eigenvalue weighted by molar-refractivity contribution is 7.99. The highest BCUT2D eigenvalue weighted by atomic mass is 35.5. The lowest BCUT2D eigenvalue weighted by Crippen LogP contribution is -2.40. The predicted octanol–water partition coefficient (Wildman–Crippen LogP) is 6.05. The minimum absolute atomic E-state index is 0.107. The standard InChI is InChI=1S/C19H27ClN2O3SSi/c1-7-16(23)25-17-18(26-14-10-8-9-13(20)11-14)22-15(21-17)12-24-27(5,6)19(2,3)4/h8-11H,7,12H2,1-6H3,(H,21,22). The number of benzene rings is 1. The molecule has 0 radical (unpaired) electrons. The SMILES string of the molecule is CCC(=O)Oc1[nH]c(CO[Si](C)(C)C(C)(C)C)nc1Sc1cccc(Cl)c1. The van der Waals surface area contributed by atoms with E-state index >= 15 is 0 Å². The Morgan fingerprint density at radius 1 is 1.33 bits per heavy atom. The Bertz CT molecular complexity index is 802. The third-order valence-electron chi connectivity index (χ3n) is 4.58. The normalized spacial score (nSPS) is 12.3. The van der Waals surface area contributed by atoms with Crippen molar-refractivity contribution in [1.82, 2.24) is 9.97 Å². The average Bonchev–Trinajstić information content (AvgIpc) is 2.93. The van der Waals surface area contributed by atoms with Gasteiger partial charge in [0.25, 0.3) is 0 Å². The fraction of sp³-hybridized carbons (Fsp3) is 0.474. The Hall–Kier alpha value is -1.28. The number of nitrogens with one attached hydrogen (secondary N) is 1. The molecule has 1 aromatic carbocycles. The quantitative estimate of drug-likeness (QED) is 0.431. The van der Waals surface area contributed by atoms with Crippen LogP contribution in [0, 0.1) is 0 Å². The maximum absolute atomic E-state index is 11.8. The Balaban J connectivity index is 2.23. The highest BCUT2D eigenvalue weighted by Crippen LogP contribution is 2.38. The van der Waals surface area contributed by atoms with E-state index in [1.165, 1.54) is 11.8 Å². The van der Waals surface area contributed by atoms with Crippen LogP contribution in [-0.2, 0) is 15.8 Å². The van der Waals surface area contributed by atoms with Gasteiger partial charge in [-0.2, -0.15) is 0 Å². The third kappa shape index (κ3) is 6.10. The number of nitrogens with zero attached hydrogens (tertiary/aromatic N) is 1. The predicted molar refractivity (Wildman–Crippen MR) is 112 cm³/mol. The van der Waals surface area contributed by atoms with Crippen molar-refractivity contribution in [2.45, 2.75) is 68.8 Å². The maximum Gasteiger partial charge on any atom is 0.312 e. The number of hydrogen-bond acceptors (Lipinski definition) is 5. The van der Waals surface area contributed by atoms with Crippen LogP contribution in [0.5, 0.6) is 5.88 Å². The van der Waals surface area contributed by atoms with Crippen LogP contribution in [-0.4, -0.2) is 24.3 Å². The van der Waals surface area contributed by atoms with Gasteiger partial charge in [0.05, 0.1) is 6.61 Å². The number of aromatic amines is 1. The van der Waals surface area contributed by atoms with Crippen molar-refractivity contribution in [3.8, 4) is 5.88 Å². The molecule has 0 fully saturated rings. The molecule has 1 N–H and O–H groups in total. The molecule has 2 aromatic rings. The molecule has 0 spiro atoms. The molecular formula is C19H27ClN2O3SSi. The molecule has 0 amide bonds. The van der Waals surface area contributed by atoms with Crippen LogP contribution in [0.4, 0.5) is 0 Å². The molecule has 0 bridgehead atoms. The van der Waals surface area contributed by atoms with Crippen LogP contribution in [0.1, 0.15) is 39.9 Å². The molecule has 0 aliphatic rings. The highest BCUT2D eigenvalue weighted by Gasteiger charge is 2.37. The minimum Gasteiger partial charge on any atom is -0.409 e. The van der Waals surface area contributed by atoms with E-state index in [2.05, 4.69) is 43.8 Å². The Kier molecular flexibility index (Phi) is 7.19. The fourth-order valence-electron chi connectivity index (χ4n) is 1.89. The number of imidazole rings is 1. The van der Waals surface area contributed by atoms with Gasteiger partial charge in [-0.1, -0.05) is 57.1 Å². The summed E-state index contributed by atoms with van der Waals surface area (Å²) in [4.78, 5) is 20.4. The molecule has 5 nitrogen and oxygen atoms in total. The molecule has 0 saturated carbocycles. The first kappa shape index (κ1) is 22.0. The number of hydrogen-bond donors (Lipinski definition) is 1. The molecule has 1 aromatic heterocycles. The average molecular weight is 427 g/mol. The van der Waals surface area contributed by atoms with Gasteiger partial charge in [-0.05, 0) is 36.3 Å². The van der Waals surface area contributed by atoms with E-state index in [4.69, 9.17) is 20.8 Å². The second-order valence-corrected chi connectivity index (χ2v) is 14.1. The van der Waals surface area contributed by atoms with Gasteiger partial charge in [0.15, 0.2) is 13.3 Å². The van der Waals surface area contributed by atoms with Crippen molar-refractivity contribution in [2.24, 2.45) is 0 Å². The first-order valence-electron chi connectivity index (χ1n) is 8.89. The summed E-state index contributed by atoms with van der Waals surface area (Å²) in [7, 11) is -1.91. The number of carbonyl (C=O) groups excluding carboxylic acids is 1. The van der Waals surface area contributed by atoms with Gasteiger partial charge in [-0.15, -0.1) is 0 Å². The Morgan fingerprint density at radius 2 is 2.04 bits per heavy atom. The zero-order valence-electron chi connectivity index (χ0n) is 16.7. The zero-order chi connectivity index (χ0) is 20.2. The summed E-state index contributed by atoms with van der Waals surface area (Å²) in [5.74, 6) is 0.673. The van der Waals surface area contributed by atoms with Crippen LogP contribution in [0.2, 0.25) is 23.2 Å². The molecule has 0 unspecified atom stereocenters. The molecule has 0 aliphatic carbocycles. The molecule has 27 heavy (non-hydrogen) atoms. The van der Waals surface area contributed by atoms with Crippen molar-refractivity contribution >= 4 is 37.6 Å². The van der Waals surface area contributed by atoms with Crippen molar-refractivity contribution < 1.29 is 14.0 Å². The summed E-state index contributed by atoms with van der Waals surface area (Å²) < 4.78 is 11.6. The second-order valence-electron chi connectivity index (χ2n) is 7.75. The largest absolute Gasteiger partial charge is 0.409 e. The van der Waals surface area contributed by atoms with Crippen LogP contribution in [0.15, 0.2) is 34.2 Å². The fourth-order valence-corrected chi connectivity index (χ4v) is 3.97. The van der Waals surface area contributed by atoms with Gasteiger partial charge < -0.3 is 14.1 Å². The Morgan fingerprint density at radius 3 is 2.63 bits per heavy atom. The van der Waals surface area contributed by atoms with Crippen LogP contribution in [0.3, 0.4) is 0 Å². The van der Waals surface area contributed by atoms with E-state index in [1.54, 1.807) is 6.92 Å². The van der Waals surface area contributed by atoms with E-state index < -0.39 is 8.32 Å². The number of aromatic nitrogens is 2. The van der Waals surface area contributed by atoms with Crippen molar-refractivity contribution in [2.75, 3.05) is 0 Å². The molecule has 8 heteroatoms. The topological polar surface area (TPSA) is 64.2 Å². The molecule has 0 atom stereocenters. The van der Waals surface area contributed by atoms with Crippen LogP contribution >= 0.6 is 23.4 Å². The van der Waals surface area contributed by atoms with Crippen molar-refractivity contribution in [3.05, 3.63) is 35.1 Å². The maximum atomic E-state index is 11.8. The summed E-state index contributed by atoms with van der Waals surface area (Å²) in [5, 5.41) is 1.34. The molecule has 0 aliphatic heterocycles. The van der Waals surface area contributed by atoms with Crippen molar-refractivity contribution in [1.29, 1.82) is 0 Å². The lowest BCUT2D eigenvalue weighted by atomic mass is 10.2. The van der Waals surface area contributed by atoms with Crippen LogP contribution in [0.25, 0.3) is 0 Å². The zero-order valence-corrected chi connectivity index (χ0v) is 19.3. The number of halogens is 1. The first-order valence-corrected chi connectivity index (χ1v) is 13.0. The summed E-state index contributed by atoms with van der Waals surface area (Å²) in [6.07, 6.45) is 0.288. The monoisotopic (exact) mass is 426 g/mol. The smallest absolute Gasteiger partial charge is 0.312 e. The number of carbonyl (C=O) groups is 1. The van der Waals surface area contributed by atoms with Gasteiger partial charge in [-0.3, -0.25) is 4.79 Å². The second kappa shape index (κ2) is 8.81. The summed E-state index contributed by atoms with van der Waals surface area (Å²) in [5.41, 5.74) is 0. The van der Waals surface area contributed by atoms with E-state index in [9.17, 15) is 4.79 Å².